The van der Waals surface area contributed by atoms with E-state index in [1.54, 1.807) is 0 Å². The molecule has 16 heavy (non-hydrogen) atoms. The van der Waals surface area contributed by atoms with Crippen LogP contribution in [-0.2, 0) is 0 Å². The van der Waals surface area contributed by atoms with Crippen LogP contribution in [0.15, 0.2) is 41.1 Å². The van der Waals surface area contributed by atoms with Crippen molar-refractivity contribution in [3.63, 3.8) is 0 Å². The van der Waals surface area contributed by atoms with Gasteiger partial charge in [-0.2, -0.15) is 0 Å². The Labute approximate surface area is 90.2 Å². The monoisotopic (exact) mass is 221 g/mol. The molecule has 0 spiro atoms. The number of nitrogens with zero attached hydrogens (tertiary/aromatic N) is 1. The van der Waals surface area contributed by atoms with Gasteiger partial charge >= 0.3 is 6.03 Å². The maximum absolute atomic E-state index is 12.6. The lowest BCUT2D eigenvalue weighted by Crippen LogP contribution is -2.18. The van der Waals surface area contributed by atoms with Crippen LogP contribution in [0, 0.1) is 5.82 Å². The number of hydrogen-bond donors (Lipinski definition) is 2. The number of urea groups is 1. The molecule has 0 saturated carbocycles. The number of amides is 2. The first-order valence-electron chi connectivity index (χ1n) is 4.48. The van der Waals surface area contributed by atoms with E-state index >= 15 is 0 Å². The molecule has 2 rings (SSSR count). The van der Waals surface area contributed by atoms with E-state index in [2.05, 4.69) is 20.3 Å². The van der Waals surface area contributed by atoms with Crippen molar-refractivity contribution in [1.29, 1.82) is 0 Å². The number of hydrogen-bond acceptors (Lipinski definition) is 3. The average Bonchev–Trinajstić information content (AvgIpc) is 2.74. The quantitative estimate of drug-likeness (QED) is 0.818. The number of carbonyl (C=O) groups is 1. The molecule has 0 atom stereocenters. The first kappa shape index (κ1) is 10.2. The highest BCUT2D eigenvalue weighted by Gasteiger charge is 2.04. The molecular formula is C10H8FN3O2. The summed E-state index contributed by atoms with van der Waals surface area (Å²) in [6.07, 6.45) is 1.41. The van der Waals surface area contributed by atoms with Gasteiger partial charge in [-0.3, -0.25) is 5.32 Å². The fourth-order valence-electron chi connectivity index (χ4n) is 1.09. The van der Waals surface area contributed by atoms with Crippen molar-refractivity contribution in [3.05, 3.63) is 42.3 Å². The zero-order valence-corrected chi connectivity index (χ0v) is 8.11. The van der Waals surface area contributed by atoms with Crippen molar-refractivity contribution in [2.45, 2.75) is 0 Å². The minimum atomic E-state index is -0.483. The SMILES string of the molecule is O=C(Nc1ccc(F)cc1)Nc1ccno1. The molecule has 82 valence electrons. The van der Waals surface area contributed by atoms with Crippen LogP contribution in [0.1, 0.15) is 0 Å². The lowest BCUT2D eigenvalue weighted by molar-refractivity contribution is 0.261. The maximum atomic E-state index is 12.6. The van der Waals surface area contributed by atoms with Gasteiger partial charge in [-0.15, -0.1) is 0 Å². The molecule has 0 fully saturated rings. The van der Waals surface area contributed by atoms with E-state index in [0.717, 1.165) is 0 Å². The molecule has 2 N–H and O–H groups in total. The summed E-state index contributed by atoms with van der Waals surface area (Å²) in [7, 11) is 0. The predicted molar refractivity (Wildman–Crippen MR) is 55.5 cm³/mol. The Kier molecular flexibility index (Phi) is 2.81. The van der Waals surface area contributed by atoms with Crippen molar-refractivity contribution in [2.24, 2.45) is 0 Å². The highest BCUT2D eigenvalue weighted by atomic mass is 19.1. The fraction of sp³-hybridized carbons (Fsp3) is 0. The van der Waals surface area contributed by atoms with Crippen molar-refractivity contribution in [1.82, 2.24) is 5.16 Å². The van der Waals surface area contributed by atoms with E-state index in [4.69, 9.17) is 0 Å². The number of anilines is 2. The van der Waals surface area contributed by atoms with Crippen molar-refractivity contribution in [3.8, 4) is 0 Å². The lowest BCUT2D eigenvalue weighted by atomic mass is 10.3. The molecule has 0 saturated heterocycles. The molecule has 6 heteroatoms. The molecule has 1 heterocycles. The van der Waals surface area contributed by atoms with Gasteiger partial charge in [0.15, 0.2) is 0 Å². The van der Waals surface area contributed by atoms with Gasteiger partial charge in [-0.25, -0.2) is 9.18 Å². The Balaban J connectivity index is 1.95. The van der Waals surface area contributed by atoms with Crippen LogP contribution in [0.3, 0.4) is 0 Å². The van der Waals surface area contributed by atoms with Crippen LogP contribution in [-0.4, -0.2) is 11.2 Å². The van der Waals surface area contributed by atoms with Crippen LogP contribution < -0.4 is 10.6 Å². The number of carbonyl (C=O) groups excluding carboxylic acids is 1. The highest BCUT2D eigenvalue weighted by Crippen LogP contribution is 2.09. The molecule has 0 bridgehead atoms. The van der Waals surface area contributed by atoms with Crippen LogP contribution in [0.25, 0.3) is 0 Å². The standard InChI is InChI=1S/C10H8FN3O2/c11-7-1-3-8(4-2-7)13-10(15)14-9-5-6-12-16-9/h1-6H,(H2,13,14,15). The number of aromatic nitrogens is 1. The van der Waals surface area contributed by atoms with E-state index in [1.807, 2.05) is 0 Å². The minimum Gasteiger partial charge on any atom is -0.338 e. The van der Waals surface area contributed by atoms with Gasteiger partial charge in [0.25, 0.3) is 0 Å². The smallest absolute Gasteiger partial charge is 0.326 e. The molecular weight excluding hydrogens is 213 g/mol. The van der Waals surface area contributed by atoms with Crippen LogP contribution in [0.4, 0.5) is 20.8 Å². The molecule has 0 aliphatic heterocycles. The molecule has 1 aromatic carbocycles. The number of nitrogens with one attached hydrogen (secondary N) is 2. The van der Waals surface area contributed by atoms with E-state index in [-0.39, 0.29) is 11.7 Å². The molecule has 0 aliphatic rings. The Morgan fingerprint density at radius 2 is 1.94 bits per heavy atom. The summed E-state index contributed by atoms with van der Waals surface area (Å²) in [4.78, 5) is 11.4. The fourth-order valence-corrected chi connectivity index (χ4v) is 1.09. The molecule has 1 aromatic heterocycles. The third-order valence-corrected chi connectivity index (χ3v) is 1.78. The first-order valence-corrected chi connectivity index (χ1v) is 4.48. The van der Waals surface area contributed by atoms with Gasteiger partial charge in [0.2, 0.25) is 5.88 Å². The third-order valence-electron chi connectivity index (χ3n) is 1.78. The van der Waals surface area contributed by atoms with E-state index < -0.39 is 6.03 Å². The Morgan fingerprint density at radius 3 is 2.56 bits per heavy atom. The summed E-state index contributed by atoms with van der Waals surface area (Å²) >= 11 is 0. The summed E-state index contributed by atoms with van der Waals surface area (Å²) in [5.41, 5.74) is 0.485. The van der Waals surface area contributed by atoms with Gasteiger partial charge in [0.1, 0.15) is 5.82 Å². The Bertz CT molecular complexity index is 467. The lowest BCUT2D eigenvalue weighted by Gasteiger charge is -2.04. The van der Waals surface area contributed by atoms with Crippen LogP contribution in [0.2, 0.25) is 0 Å². The van der Waals surface area contributed by atoms with Crippen molar-refractivity contribution >= 4 is 17.6 Å². The summed E-state index contributed by atoms with van der Waals surface area (Å²) in [6, 6.07) is 6.44. The molecule has 5 nitrogen and oxygen atoms in total. The molecule has 2 amide bonds. The molecule has 0 radical (unpaired) electrons. The van der Waals surface area contributed by atoms with Crippen LogP contribution >= 0.6 is 0 Å². The van der Waals surface area contributed by atoms with Gasteiger partial charge < -0.3 is 9.84 Å². The summed E-state index contributed by atoms with van der Waals surface area (Å²) < 4.78 is 17.3. The largest absolute Gasteiger partial charge is 0.338 e. The normalized spacial score (nSPS) is 9.81. The molecule has 0 aliphatic carbocycles. The molecule has 2 aromatic rings. The van der Waals surface area contributed by atoms with Crippen LogP contribution in [0.5, 0.6) is 0 Å². The Morgan fingerprint density at radius 1 is 1.19 bits per heavy atom. The zero-order valence-electron chi connectivity index (χ0n) is 8.11. The van der Waals surface area contributed by atoms with Gasteiger partial charge in [0, 0.05) is 11.8 Å². The van der Waals surface area contributed by atoms with E-state index in [1.165, 1.54) is 36.5 Å². The first-order chi connectivity index (χ1) is 7.74. The topological polar surface area (TPSA) is 67.2 Å². The highest BCUT2D eigenvalue weighted by molar-refractivity contribution is 5.98. The van der Waals surface area contributed by atoms with E-state index in [9.17, 15) is 9.18 Å². The summed E-state index contributed by atoms with van der Waals surface area (Å²) in [5.74, 6) is -0.124. The van der Waals surface area contributed by atoms with E-state index in [0.29, 0.717) is 5.69 Å². The average molecular weight is 221 g/mol. The van der Waals surface area contributed by atoms with Gasteiger partial charge in [-0.05, 0) is 24.3 Å². The summed E-state index contributed by atoms with van der Waals surface area (Å²) in [5, 5.41) is 8.34. The summed E-state index contributed by atoms with van der Waals surface area (Å²) in [6.45, 7) is 0. The number of benzene rings is 1. The second kappa shape index (κ2) is 4.43. The zero-order chi connectivity index (χ0) is 11.4. The van der Waals surface area contributed by atoms with Gasteiger partial charge in [-0.1, -0.05) is 5.16 Å². The third kappa shape index (κ3) is 2.57. The second-order valence-electron chi connectivity index (χ2n) is 2.96. The second-order valence-corrected chi connectivity index (χ2v) is 2.96. The van der Waals surface area contributed by atoms with Crippen molar-refractivity contribution < 1.29 is 13.7 Å². The van der Waals surface area contributed by atoms with Gasteiger partial charge in [0.05, 0.1) is 6.20 Å². The predicted octanol–water partition coefficient (Wildman–Crippen LogP) is 2.46. The Hall–Kier alpha value is -2.37. The maximum Gasteiger partial charge on any atom is 0.326 e. The van der Waals surface area contributed by atoms with Crippen molar-refractivity contribution in [2.75, 3.05) is 10.6 Å². The molecule has 0 unspecified atom stereocenters. The minimum absolute atomic E-state index is 0.236. The number of halogens is 1. The number of rotatable bonds is 2.